The Hall–Kier alpha value is -2.62. The maximum absolute atomic E-state index is 14.3. The van der Waals surface area contributed by atoms with Crippen molar-refractivity contribution in [2.75, 3.05) is 32.8 Å². The SMILES string of the molecule is NNC1=NCCN(C(=O)CC(N)C2(CCOCC3=CC=CCC3)CCc3cc(F)c(F)cc32)C1. The van der Waals surface area contributed by atoms with Crippen molar-refractivity contribution in [1.29, 1.82) is 0 Å². The van der Waals surface area contributed by atoms with Gasteiger partial charge in [0.1, 0.15) is 5.84 Å². The van der Waals surface area contributed by atoms with Crippen molar-refractivity contribution in [3.63, 3.8) is 0 Å². The summed E-state index contributed by atoms with van der Waals surface area (Å²) in [4.78, 5) is 19.0. The fourth-order valence-electron chi connectivity index (χ4n) is 5.24. The van der Waals surface area contributed by atoms with Gasteiger partial charge in [-0.1, -0.05) is 18.2 Å². The van der Waals surface area contributed by atoms with E-state index in [2.05, 4.69) is 22.6 Å². The van der Waals surface area contributed by atoms with E-state index in [0.717, 1.165) is 18.4 Å². The fourth-order valence-corrected chi connectivity index (χ4v) is 5.24. The Kier molecular flexibility index (Phi) is 7.75. The summed E-state index contributed by atoms with van der Waals surface area (Å²) in [5, 5.41) is 0. The highest BCUT2D eigenvalue weighted by molar-refractivity contribution is 5.89. The molecule has 1 aromatic rings. The molecule has 0 saturated heterocycles. The van der Waals surface area contributed by atoms with Crippen molar-refractivity contribution < 1.29 is 18.3 Å². The first-order valence-corrected chi connectivity index (χ1v) is 11.9. The number of rotatable bonds is 8. The molecule has 0 saturated carbocycles. The second-order valence-electron chi connectivity index (χ2n) is 9.27. The summed E-state index contributed by atoms with van der Waals surface area (Å²) in [7, 11) is 0. The van der Waals surface area contributed by atoms with E-state index in [9.17, 15) is 13.6 Å². The van der Waals surface area contributed by atoms with Crippen LogP contribution in [-0.4, -0.2) is 55.5 Å². The Balaban J connectivity index is 1.49. The normalized spacial score (nSPS) is 22.8. The van der Waals surface area contributed by atoms with Crippen molar-refractivity contribution in [1.82, 2.24) is 10.3 Å². The minimum absolute atomic E-state index is 0.0895. The molecule has 1 heterocycles. The molecule has 0 spiro atoms. The molecule has 0 radical (unpaired) electrons. The van der Waals surface area contributed by atoms with E-state index < -0.39 is 23.1 Å². The molecule has 4 rings (SSSR count). The number of nitrogens with one attached hydrogen (secondary N) is 1. The number of amides is 1. The molecule has 1 amide bonds. The van der Waals surface area contributed by atoms with Gasteiger partial charge in [-0.25, -0.2) is 14.6 Å². The number of allylic oxidation sites excluding steroid dienone is 3. The van der Waals surface area contributed by atoms with Crippen LogP contribution in [0.1, 0.15) is 43.2 Å². The largest absolute Gasteiger partial charge is 0.377 e. The lowest BCUT2D eigenvalue weighted by Crippen LogP contribution is -2.51. The molecule has 9 heteroatoms. The van der Waals surface area contributed by atoms with Crippen molar-refractivity contribution >= 4 is 11.7 Å². The van der Waals surface area contributed by atoms with Crippen LogP contribution in [0.15, 0.2) is 40.9 Å². The smallest absolute Gasteiger partial charge is 0.224 e. The molecule has 34 heavy (non-hydrogen) atoms. The molecule has 0 aromatic heterocycles. The topological polar surface area (TPSA) is 106 Å². The summed E-state index contributed by atoms with van der Waals surface area (Å²) >= 11 is 0. The standard InChI is InChI=1S/C25H33F2N5O2/c26-20-12-18-6-7-25(19(18)13-21(20)27,8-11-34-16-17-4-2-1-3-5-17)22(28)14-24(33)32-10-9-30-23(15-32)31-29/h1-2,4,12-13,22H,3,5-11,14-16,28-29H2,(H,30,31). The number of amidine groups is 1. The van der Waals surface area contributed by atoms with E-state index in [4.69, 9.17) is 16.3 Å². The number of hydrogen-bond acceptors (Lipinski definition) is 6. The molecule has 2 aliphatic carbocycles. The molecule has 5 N–H and O–H groups in total. The van der Waals surface area contributed by atoms with Crippen LogP contribution in [0.25, 0.3) is 0 Å². The number of aryl methyl sites for hydroxylation is 1. The molecule has 3 aliphatic rings. The lowest BCUT2D eigenvalue weighted by atomic mass is 9.71. The summed E-state index contributed by atoms with van der Waals surface area (Å²) in [6, 6.07) is 1.96. The summed E-state index contributed by atoms with van der Waals surface area (Å²) in [6.45, 7) is 2.21. The van der Waals surface area contributed by atoms with Gasteiger partial charge >= 0.3 is 0 Å². The van der Waals surface area contributed by atoms with Gasteiger partial charge in [-0.15, -0.1) is 0 Å². The maximum atomic E-state index is 14.3. The Labute approximate surface area is 198 Å². The van der Waals surface area contributed by atoms with Crippen LogP contribution < -0.4 is 17.0 Å². The van der Waals surface area contributed by atoms with Gasteiger partial charge in [0.2, 0.25) is 5.91 Å². The molecule has 2 atom stereocenters. The second kappa shape index (κ2) is 10.8. The highest BCUT2D eigenvalue weighted by Gasteiger charge is 2.45. The lowest BCUT2D eigenvalue weighted by molar-refractivity contribution is -0.131. The van der Waals surface area contributed by atoms with E-state index in [0.29, 0.717) is 63.5 Å². The van der Waals surface area contributed by atoms with Crippen LogP contribution in [0.4, 0.5) is 8.78 Å². The van der Waals surface area contributed by atoms with Crippen LogP contribution >= 0.6 is 0 Å². The van der Waals surface area contributed by atoms with Gasteiger partial charge in [0.25, 0.3) is 0 Å². The van der Waals surface area contributed by atoms with E-state index in [-0.39, 0.29) is 12.3 Å². The lowest BCUT2D eigenvalue weighted by Gasteiger charge is -2.38. The summed E-state index contributed by atoms with van der Waals surface area (Å²) in [6.07, 6.45) is 10.0. The van der Waals surface area contributed by atoms with Gasteiger partial charge in [-0.05, 0) is 60.9 Å². The third-order valence-electron chi connectivity index (χ3n) is 7.24. The Morgan fingerprint density at radius 3 is 2.88 bits per heavy atom. The Morgan fingerprint density at radius 1 is 1.29 bits per heavy atom. The first-order valence-electron chi connectivity index (χ1n) is 11.9. The fraction of sp³-hybridized carbons (Fsp3) is 0.520. The monoisotopic (exact) mass is 473 g/mol. The average molecular weight is 474 g/mol. The number of nitrogens with two attached hydrogens (primary N) is 2. The zero-order valence-corrected chi connectivity index (χ0v) is 19.4. The molecular formula is C25H33F2N5O2. The molecule has 2 unspecified atom stereocenters. The summed E-state index contributed by atoms with van der Waals surface area (Å²) in [5.74, 6) is 4.15. The quantitative estimate of drug-likeness (QED) is 0.305. The third kappa shape index (κ3) is 5.21. The molecule has 184 valence electrons. The van der Waals surface area contributed by atoms with Crippen molar-refractivity contribution in [3.05, 3.63) is 58.7 Å². The third-order valence-corrected chi connectivity index (χ3v) is 7.24. The van der Waals surface area contributed by atoms with Gasteiger partial charge in [0.05, 0.1) is 19.7 Å². The number of halogens is 2. The van der Waals surface area contributed by atoms with Gasteiger partial charge in [0.15, 0.2) is 11.6 Å². The number of aliphatic imine (C=N–C) groups is 1. The highest BCUT2D eigenvalue weighted by atomic mass is 19.2. The number of carbonyl (C=O) groups is 1. The minimum atomic E-state index is -0.894. The van der Waals surface area contributed by atoms with E-state index in [1.807, 2.05) is 6.08 Å². The maximum Gasteiger partial charge on any atom is 0.224 e. The molecule has 7 nitrogen and oxygen atoms in total. The van der Waals surface area contributed by atoms with Crippen molar-refractivity contribution in [3.8, 4) is 0 Å². The molecule has 1 aliphatic heterocycles. The summed E-state index contributed by atoms with van der Waals surface area (Å²) < 4.78 is 34.2. The van der Waals surface area contributed by atoms with Crippen LogP contribution in [0.2, 0.25) is 0 Å². The first kappa shape index (κ1) is 24.5. The predicted molar refractivity (Wildman–Crippen MR) is 127 cm³/mol. The zero-order chi connectivity index (χ0) is 24.1. The summed E-state index contributed by atoms with van der Waals surface area (Å²) in [5.41, 5.74) is 11.2. The van der Waals surface area contributed by atoms with E-state index in [1.165, 1.54) is 17.7 Å². The Bertz CT molecular complexity index is 1010. The van der Waals surface area contributed by atoms with Gasteiger partial charge in [-0.2, -0.15) is 0 Å². The van der Waals surface area contributed by atoms with Crippen molar-refractivity contribution in [2.24, 2.45) is 16.6 Å². The molecule has 0 fully saturated rings. The van der Waals surface area contributed by atoms with Crippen LogP contribution in [0.5, 0.6) is 0 Å². The minimum Gasteiger partial charge on any atom is -0.377 e. The number of hydrogen-bond donors (Lipinski definition) is 3. The average Bonchev–Trinajstić information content (AvgIpc) is 3.21. The molecular weight excluding hydrogens is 440 g/mol. The number of ether oxygens (including phenoxy) is 1. The van der Waals surface area contributed by atoms with Gasteiger partial charge < -0.3 is 20.8 Å². The van der Waals surface area contributed by atoms with Crippen LogP contribution in [0, 0.1) is 11.6 Å². The number of hydrazine groups is 1. The van der Waals surface area contributed by atoms with Gasteiger partial charge in [-0.3, -0.25) is 9.79 Å². The Morgan fingerprint density at radius 2 is 2.12 bits per heavy atom. The molecule has 0 bridgehead atoms. The van der Waals surface area contributed by atoms with Crippen LogP contribution in [0.3, 0.4) is 0 Å². The molecule has 1 aromatic carbocycles. The van der Waals surface area contributed by atoms with Crippen LogP contribution in [-0.2, 0) is 21.4 Å². The number of fused-ring (bicyclic) bond motifs is 1. The van der Waals surface area contributed by atoms with E-state index in [1.54, 1.807) is 4.90 Å². The van der Waals surface area contributed by atoms with Gasteiger partial charge in [0, 0.05) is 31.0 Å². The number of carbonyl (C=O) groups excluding carboxylic acids is 1. The first-order chi connectivity index (χ1) is 16.4. The number of benzene rings is 1. The highest BCUT2D eigenvalue weighted by Crippen LogP contribution is 2.45. The van der Waals surface area contributed by atoms with E-state index >= 15 is 0 Å². The second-order valence-corrected chi connectivity index (χ2v) is 9.27. The predicted octanol–water partition coefficient (Wildman–Crippen LogP) is 2.25. The number of nitrogens with zero attached hydrogens (tertiary/aromatic N) is 2. The van der Waals surface area contributed by atoms with Crippen molar-refractivity contribution in [2.45, 2.75) is 50.0 Å². The zero-order valence-electron chi connectivity index (χ0n) is 19.4.